The first-order valence-electron chi connectivity index (χ1n) is 7.72. The van der Waals surface area contributed by atoms with Gasteiger partial charge in [-0.05, 0) is 18.2 Å². The molecule has 2 heterocycles. The van der Waals surface area contributed by atoms with Crippen LogP contribution in [-0.2, 0) is 4.74 Å². The number of aliphatic hydroxyl groups excluding tert-OH is 4. The van der Waals surface area contributed by atoms with Crippen molar-refractivity contribution in [1.82, 2.24) is 0 Å². The molecule has 0 aliphatic carbocycles. The van der Waals surface area contributed by atoms with Crippen LogP contribution in [0.4, 0.5) is 5.69 Å². The van der Waals surface area contributed by atoms with Gasteiger partial charge in [-0.1, -0.05) is 12.7 Å². The fourth-order valence-corrected chi connectivity index (χ4v) is 2.80. The first kappa shape index (κ1) is 17.6. The predicted octanol–water partition coefficient (Wildman–Crippen LogP) is -0.352. The fraction of sp³-hybridized carbons (Fsp3) is 0.353. The van der Waals surface area contributed by atoms with Crippen LogP contribution in [0.25, 0.3) is 17.0 Å². The number of nitrogens with one attached hydrogen (secondary N) is 1. The molecule has 1 aliphatic heterocycles. The van der Waals surface area contributed by atoms with Crippen molar-refractivity contribution in [2.45, 2.75) is 30.6 Å². The summed E-state index contributed by atoms with van der Waals surface area (Å²) in [6.07, 6.45) is -3.84. The Morgan fingerprint density at radius 3 is 2.64 bits per heavy atom. The van der Waals surface area contributed by atoms with Crippen LogP contribution in [0.15, 0.2) is 40.1 Å². The Hall–Kier alpha value is -2.23. The molecule has 5 atom stereocenters. The highest BCUT2D eigenvalue weighted by Gasteiger charge is 2.43. The molecule has 0 amide bonds. The molecule has 25 heavy (non-hydrogen) atoms. The molecule has 8 heteroatoms. The van der Waals surface area contributed by atoms with Crippen molar-refractivity contribution in [2.75, 3.05) is 11.9 Å². The summed E-state index contributed by atoms with van der Waals surface area (Å²) in [7, 11) is 0. The molecule has 3 rings (SSSR count). The van der Waals surface area contributed by atoms with Crippen molar-refractivity contribution in [3.05, 3.63) is 46.8 Å². The van der Waals surface area contributed by atoms with Crippen LogP contribution in [0.2, 0.25) is 0 Å². The number of hydrogen-bond acceptors (Lipinski definition) is 8. The van der Waals surface area contributed by atoms with Crippen LogP contribution in [0, 0.1) is 0 Å². The van der Waals surface area contributed by atoms with E-state index in [-0.39, 0.29) is 0 Å². The van der Waals surface area contributed by atoms with Gasteiger partial charge in [0.25, 0.3) is 0 Å². The Morgan fingerprint density at radius 2 is 1.96 bits per heavy atom. The summed E-state index contributed by atoms with van der Waals surface area (Å²) in [5.41, 5.74) is 0.582. The number of rotatable bonds is 4. The van der Waals surface area contributed by atoms with Gasteiger partial charge in [0.05, 0.1) is 12.2 Å². The number of anilines is 1. The minimum atomic E-state index is -1.44. The summed E-state index contributed by atoms with van der Waals surface area (Å²) >= 11 is 0. The van der Waals surface area contributed by atoms with E-state index in [0.717, 1.165) is 0 Å². The molecule has 3 unspecified atom stereocenters. The molecule has 0 saturated carbocycles. The second kappa shape index (κ2) is 6.95. The number of aliphatic hydroxyl groups is 4. The first-order valence-corrected chi connectivity index (χ1v) is 7.72. The fourth-order valence-electron chi connectivity index (χ4n) is 2.80. The maximum Gasteiger partial charge on any atom is 0.343 e. The Balaban J connectivity index is 1.87. The van der Waals surface area contributed by atoms with Gasteiger partial charge in [0.2, 0.25) is 0 Å². The van der Waals surface area contributed by atoms with Crippen molar-refractivity contribution in [2.24, 2.45) is 0 Å². The van der Waals surface area contributed by atoms with Crippen LogP contribution >= 0.6 is 0 Å². The van der Waals surface area contributed by atoms with Gasteiger partial charge in [-0.15, -0.1) is 0 Å². The quantitative estimate of drug-likeness (QED) is 0.473. The van der Waals surface area contributed by atoms with Crippen LogP contribution < -0.4 is 10.9 Å². The Morgan fingerprint density at radius 1 is 1.20 bits per heavy atom. The summed E-state index contributed by atoms with van der Waals surface area (Å²) in [6, 6.07) is 5.51. The summed E-state index contributed by atoms with van der Waals surface area (Å²) in [5.74, 6) is 0. The average Bonchev–Trinajstić information content (AvgIpc) is 2.61. The largest absolute Gasteiger partial charge is 0.422 e. The number of ether oxygens (including phenoxy) is 1. The Bertz CT molecular complexity index is 833. The lowest BCUT2D eigenvalue weighted by Gasteiger charge is -2.40. The Labute approximate surface area is 142 Å². The van der Waals surface area contributed by atoms with Crippen LogP contribution in [0.5, 0.6) is 0 Å². The summed E-state index contributed by atoms with van der Waals surface area (Å²) < 4.78 is 10.3. The van der Waals surface area contributed by atoms with Gasteiger partial charge >= 0.3 is 5.63 Å². The van der Waals surface area contributed by atoms with E-state index in [9.17, 15) is 20.1 Å². The molecule has 0 radical (unpaired) electrons. The number of hydrogen-bond donors (Lipinski definition) is 5. The van der Waals surface area contributed by atoms with Gasteiger partial charge in [-0.3, -0.25) is 0 Å². The monoisotopic (exact) mass is 349 g/mol. The van der Waals surface area contributed by atoms with Gasteiger partial charge < -0.3 is 34.9 Å². The molecule has 0 spiro atoms. The average molecular weight is 349 g/mol. The normalized spacial score (nSPS) is 29.5. The molecule has 1 fully saturated rings. The molecule has 8 nitrogen and oxygen atoms in total. The lowest BCUT2D eigenvalue weighted by Crippen LogP contribution is -2.61. The van der Waals surface area contributed by atoms with E-state index in [1.54, 1.807) is 18.2 Å². The zero-order valence-corrected chi connectivity index (χ0v) is 13.2. The van der Waals surface area contributed by atoms with Gasteiger partial charge in [-0.2, -0.15) is 0 Å². The second-order valence-electron chi connectivity index (χ2n) is 5.84. The van der Waals surface area contributed by atoms with E-state index >= 15 is 0 Å². The van der Waals surface area contributed by atoms with Crippen molar-refractivity contribution >= 4 is 22.7 Å². The third-order valence-corrected chi connectivity index (χ3v) is 4.22. The molecular formula is C17H19NO7. The minimum absolute atomic E-state index is 0.315. The maximum atomic E-state index is 11.8. The highest BCUT2D eigenvalue weighted by atomic mass is 16.6. The van der Waals surface area contributed by atoms with E-state index in [2.05, 4.69) is 11.9 Å². The van der Waals surface area contributed by atoms with E-state index in [1.165, 1.54) is 12.1 Å². The zero-order chi connectivity index (χ0) is 18.1. The van der Waals surface area contributed by atoms with Crippen LogP contribution in [-0.4, -0.2) is 57.7 Å². The summed E-state index contributed by atoms with van der Waals surface area (Å²) in [6.45, 7) is 3.01. The summed E-state index contributed by atoms with van der Waals surface area (Å²) in [5, 5.41) is 42.7. The van der Waals surface area contributed by atoms with Crippen LogP contribution in [0.3, 0.4) is 0 Å². The molecule has 1 aromatic heterocycles. The van der Waals surface area contributed by atoms with E-state index in [1.807, 2.05) is 0 Å². The van der Waals surface area contributed by atoms with E-state index < -0.39 is 42.9 Å². The zero-order valence-electron chi connectivity index (χ0n) is 13.2. The summed E-state index contributed by atoms with van der Waals surface area (Å²) in [4.78, 5) is 11.8. The molecule has 2 aromatic rings. The van der Waals surface area contributed by atoms with Gasteiger partial charge in [0.15, 0.2) is 6.29 Å². The third-order valence-electron chi connectivity index (χ3n) is 4.22. The maximum absolute atomic E-state index is 11.8. The molecule has 1 saturated heterocycles. The van der Waals surface area contributed by atoms with E-state index in [4.69, 9.17) is 14.3 Å². The second-order valence-corrected chi connectivity index (χ2v) is 5.84. The Kier molecular flexibility index (Phi) is 4.89. The molecule has 1 aromatic carbocycles. The third kappa shape index (κ3) is 3.30. The SMILES string of the molecule is C=Cc1cc2ccc(N[C@@H]3C(O)OC(CO)[C@@H](O)C3O)cc2oc1=O. The highest BCUT2D eigenvalue weighted by molar-refractivity contribution is 5.82. The smallest absolute Gasteiger partial charge is 0.343 e. The van der Waals surface area contributed by atoms with Gasteiger partial charge in [-0.25, -0.2) is 4.79 Å². The van der Waals surface area contributed by atoms with Crippen molar-refractivity contribution in [1.29, 1.82) is 0 Å². The topological polar surface area (TPSA) is 132 Å². The van der Waals surface area contributed by atoms with E-state index in [0.29, 0.717) is 22.2 Å². The predicted molar refractivity (Wildman–Crippen MR) is 90.0 cm³/mol. The lowest BCUT2D eigenvalue weighted by atomic mass is 9.97. The molecule has 1 aliphatic rings. The number of benzene rings is 1. The van der Waals surface area contributed by atoms with Crippen molar-refractivity contribution < 1.29 is 29.6 Å². The van der Waals surface area contributed by atoms with Crippen LogP contribution in [0.1, 0.15) is 5.56 Å². The first-order chi connectivity index (χ1) is 11.9. The molecule has 134 valence electrons. The molecular weight excluding hydrogens is 330 g/mol. The van der Waals surface area contributed by atoms with Crippen molar-refractivity contribution in [3.63, 3.8) is 0 Å². The lowest BCUT2D eigenvalue weighted by molar-refractivity contribution is -0.245. The minimum Gasteiger partial charge on any atom is -0.422 e. The molecule has 0 bridgehead atoms. The van der Waals surface area contributed by atoms with Gasteiger partial charge in [0.1, 0.15) is 29.9 Å². The van der Waals surface area contributed by atoms with Gasteiger partial charge in [0, 0.05) is 17.1 Å². The van der Waals surface area contributed by atoms with Crippen molar-refractivity contribution in [3.8, 4) is 0 Å². The standard InChI is InChI=1S/C17H19NO7/c1-2-8-5-9-3-4-10(6-11(9)24-16(8)22)18-13-15(21)14(20)12(7-19)25-17(13)23/h2-6,12-15,17-21,23H,1,7H2/t12?,13-,14+,15?,17?/m0/s1. The number of fused-ring (bicyclic) bond motifs is 1. The molecule has 5 N–H and O–H groups in total. The highest BCUT2D eigenvalue weighted by Crippen LogP contribution is 2.25.